The summed E-state index contributed by atoms with van der Waals surface area (Å²) in [7, 11) is 0. The highest BCUT2D eigenvalue weighted by molar-refractivity contribution is 5.76. The molecule has 1 aromatic heterocycles. The molecule has 1 fully saturated rings. The summed E-state index contributed by atoms with van der Waals surface area (Å²) in [6.07, 6.45) is 1.52. The molecule has 6 heteroatoms. The van der Waals surface area contributed by atoms with E-state index < -0.39 is 0 Å². The van der Waals surface area contributed by atoms with Crippen LogP contribution in [0.1, 0.15) is 13.8 Å². The number of nitrogen functional groups attached to an aromatic ring is 1. The molecule has 0 saturated carbocycles. The minimum atomic E-state index is -0.198. The standard InChI is InChI=1S/C15H24N4O2/c1-12(2)9-17-5-7-18(8-6-17)15(21)11-19-10-13(16)3-4-14(19)20/h3-4,10,12H,5-9,11,16H2,1-2H3. The van der Waals surface area contributed by atoms with Crippen LogP contribution in [0.25, 0.3) is 0 Å². The molecule has 0 atom stereocenters. The average Bonchev–Trinajstić information content (AvgIpc) is 2.43. The van der Waals surface area contributed by atoms with E-state index in [1.807, 2.05) is 4.90 Å². The van der Waals surface area contributed by atoms with Crippen molar-refractivity contribution in [1.82, 2.24) is 14.4 Å². The lowest BCUT2D eigenvalue weighted by atomic mass is 10.2. The largest absolute Gasteiger partial charge is 0.398 e. The molecule has 1 aromatic rings. The lowest BCUT2D eigenvalue weighted by Gasteiger charge is -2.35. The third-order valence-corrected chi connectivity index (χ3v) is 3.66. The first-order valence-electron chi connectivity index (χ1n) is 7.42. The van der Waals surface area contributed by atoms with Crippen LogP contribution in [0, 0.1) is 5.92 Å². The van der Waals surface area contributed by atoms with Gasteiger partial charge in [-0.05, 0) is 12.0 Å². The summed E-state index contributed by atoms with van der Waals surface area (Å²) < 4.78 is 1.37. The van der Waals surface area contributed by atoms with Crippen molar-refractivity contribution in [2.75, 3.05) is 38.5 Å². The molecule has 1 amide bonds. The molecule has 0 radical (unpaired) electrons. The second-order valence-electron chi connectivity index (χ2n) is 6.00. The summed E-state index contributed by atoms with van der Waals surface area (Å²) in [5.74, 6) is 0.616. The van der Waals surface area contributed by atoms with Crippen molar-refractivity contribution >= 4 is 11.6 Å². The second-order valence-corrected chi connectivity index (χ2v) is 6.00. The van der Waals surface area contributed by atoms with Crippen molar-refractivity contribution in [3.8, 4) is 0 Å². The van der Waals surface area contributed by atoms with Gasteiger partial charge in [0.15, 0.2) is 0 Å². The normalized spacial score (nSPS) is 16.4. The molecule has 2 rings (SSSR count). The van der Waals surface area contributed by atoms with Gasteiger partial charge in [-0.3, -0.25) is 14.5 Å². The fourth-order valence-electron chi connectivity index (χ4n) is 2.62. The predicted molar refractivity (Wildman–Crippen MR) is 83.0 cm³/mol. The van der Waals surface area contributed by atoms with Gasteiger partial charge in [0.1, 0.15) is 6.54 Å². The van der Waals surface area contributed by atoms with Crippen LogP contribution < -0.4 is 11.3 Å². The van der Waals surface area contributed by atoms with Crippen molar-refractivity contribution in [3.05, 3.63) is 28.7 Å². The molecule has 1 saturated heterocycles. The Morgan fingerprint density at radius 3 is 2.52 bits per heavy atom. The smallest absolute Gasteiger partial charge is 0.251 e. The number of nitrogens with zero attached hydrogens (tertiary/aromatic N) is 3. The van der Waals surface area contributed by atoms with Gasteiger partial charge in [0, 0.05) is 50.7 Å². The lowest BCUT2D eigenvalue weighted by molar-refractivity contribution is -0.133. The molecule has 0 bridgehead atoms. The zero-order valence-corrected chi connectivity index (χ0v) is 12.8. The number of nitrogens with two attached hydrogens (primary N) is 1. The summed E-state index contributed by atoms with van der Waals surface area (Å²) in [6, 6.07) is 2.94. The predicted octanol–water partition coefficient (Wildman–Crippen LogP) is 0.231. The van der Waals surface area contributed by atoms with Crippen LogP contribution in [-0.4, -0.2) is 53.0 Å². The Morgan fingerprint density at radius 1 is 1.24 bits per heavy atom. The minimum absolute atomic E-state index is 0.0214. The number of piperazine rings is 1. The zero-order chi connectivity index (χ0) is 15.4. The van der Waals surface area contributed by atoms with Gasteiger partial charge < -0.3 is 15.2 Å². The molecule has 1 aliphatic rings. The van der Waals surface area contributed by atoms with Crippen LogP contribution in [-0.2, 0) is 11.3 Å². The van der Waals surface area contributed by atoms with Crippen molar-refractivity contribution in [2.24, 2.45) is 5.92 Å². The number of hydrogen-bond acceptors (Lipinski definition) is 4. The number of rotatable bonds is 4. The van der Waals surface area contributed by atoms with E-state index in [0.29, 0.717) is 11.6 Å². The molecule has 0 aromatic carbocycles. The molecule has 116 valence electrons. The number of aromatic nitrogens is 1. The Kier molecular flexibility index (Phi) is 5.01. The maximum Gasteiger partial charge on any atom is 0.251 e. The van der Waals surface area contributed by atoms with E-state index in [2.05, 4.69) is 18.7 Å². The highest BCUT2D eigenvalue weighted by Crippen LogP contribution is 2.06. The number of hydrogen-bond donors (Lipinski definition) is 1. The van der Waals surface area contributed by atoms with Gasteiger partial charge in [-0.25, -0.2) is 0 Å². The number of carbonyl (C=O) groups excluding carboxylic acids is 1. The summed E-state index contributed by atoms with van der Waals surface area (Å²) >= 11 is 0. The summed E-state index contributed by atoms with van der Waals surface area (Å²) in [4.78, 5) is 28.2. The number of pyridine rings is 1. The van der Waals surface area contributed by atoms with Crippen LogP contribution in [0.2, 0.25) is 0 Å². The fourth-order valence-corrected chi connectivity index (χ4v) is 2.62. The van der Waals surface area contributed by atoms with Crippen LogP contribution >= 0.6 is 0 Å². The first-order chi connectivity index (χ1) is 9.95. The first-order valence-corrected chi connectivity index (χ1v) is 7.42. The van der Waals surface area contributed by atoms with E-state index in [1.165, 1.54) is 16.8 Å². The van der Waals surface area contributed by atoms with Gasteiger partial charge in [-0.1, -0.05) is 13.8 Å². The molecule has 2 N–H and O–H groups in total. The van der Waals surface area contributed by atoms with E-state index in [1.54, 1.807) is 6.07 Å². The number of amides is 1. The summed E-state index contributed by atoms with van der Waals surface area (Å²) in [6.45, 7) is 8.77. The Morgan fingerprint density at radius 2 is 1.90 bits per heavy atom. The van der Waals surface area contributed by atoms with Crippen LogP contribution in [0.3, 0.4) is 0 Å². The van der Waals surface area contributed by atoms with Crippen molar-refractivity contribution in [2.45, 2.75) is 20.4 Å². The highest BCUT2D eigenvalue weighted by Gasteiger charge is 2.21. The van der Waals surface area contributed by atoms with E-state index >= 15 is 0 Å². The average molecular weight is 292 g/mol. The Labute approximate surface area is 125 Å². The Bertz CT molecular complexity index is 545. The molecule has 0 unspecified atom stereocenters. The van der Waals surface area contributed by atoms with E-state index in [0.717, 1.165) is 32.7 Å². The molecule has 0 aliphatic carbocycles. The molecule has 21 heavy (non-hydrogen) atoms. The highest BCUT2D eigenvalue weighted by atomic mass is 16.2. The number of carbonyl (C=O) groups is 1. The second kappa shape index (κ2) is 6.76. The molecular weight excluding hydrogens is 268 g/mol. The van der Waals surface area contributed by atoms with Gasteiger partial charge in [0.05, 0.1) is 0 Å². The summed E-state index contributed by atoms with van der Waals surface area (Å²) in [5.41, 5.74) is 5.95. The van der Waals surface area contributed by atoms with Gasteiger partial charge in [0.25, 0.3) is 5.56 Å². The van der Waals surface area contributed by atoms with Crippen molar-refractivity contribution in [3.63, 3.8) is 0 Å². The third-order valence-electron chi connectivity index (χ3n) is 3.66. The molecule has 2 heterocycles. The van der Waals surface area contributed by atoms with Gasteiger partial charge in [-0.2, -0.15) is 0 Å². The van der Waals surface area contributed by atoms with Crippen molar-refractivity contribution < 1.29 is 4.79 Å². The van der Waals surface area contributed by atoms with Crippen LogP contribution in [0.15, 0.2) is 23.1 Å². The summed E-state index contributed by atoms with van der Waals surface area (Å²) in [5, 5.41) is 0. The third kappa shape index (κ3) is 4.32. The maximum absolute atomic E-state index is 12.3. The van der Waals surface area contributed by atoms with E-state index in [4.69, 9.17) is 5.73 Å². The maximum atomic E-state index is 12.3. The molecule has 6 nitrogen and oxygen atoms in total. The van der Waals surface area contributed by atoms with E-state index in [9.17, 15) is 9.59 Å². The number of anilines is 1. The van der Waals surface area contributed by atoms with Gasteiger partial charge in [-0.15, -0.1) is 0 Å². The van der Waals surface area contributed by atoms with Crippen LogP contribution in [0.5, 0.6) is 0 Å². The lowest BCUT2D eigenvalue weighted by Crippen LogP contribution is -2.50. The topological polar surface area (TPSA) is 71.6 Å². The van der Waals surface area contributed by atoms with Crippen molar-refractivity contribution in [1.29, 1.82) is 0 Å². The SMILES string of the molecule is CC(C)CN1CCN(C(=O)Cn2cc(N)ccc2=O)CC1. The zero-order valence-electron chi connectivity index (χ0n) is 12.8. The Balaban J connectivity index is 1.90. The minimum Gasteiger partial charge on any atom is -0.398 e. The van der Waals surface area contributed by atoms with Gasteiger partial charge >= 0.3 is 0 Å². The Hall–Kier alpha value is -1.82. The van der Waals surface area contributed by atoms with Crippen LogP contribution in [0.4, 0.5) is 5.69 Å². The van der Waals surface area contributed by atoms with Gasteiger partial charge in [0.2, 0.25) is 5.91 Å². The first kappa shape index (κ1) is 15.6. The fraction of sp³-hybridized carbons (Fsp3) is 0.600. The molecule has 1 aliphatic heterocycles. The molecular formula is C15H24N4O2. The quantitative estimate of drug-likeness (QED) is 0.862. The van der Waals surface area contributed by atoms with E-state index in [-0.39, 0.29) is 18.0 Å². The monoisotopic (exact) mass is 292 g/mol. The molecule has 0 spiro atoms.